The van der Waals surface area contributed by atoms with Gasteiger partial charge in [-0.25, -0.2) is 9.97 Å². The van der Waals surface area contributed by atoms with Gasteiger partial charge in [0.25, 0.3) is 0 Å². The Hall–Kier alpha value is -2.21. The predicted molar refractivity (Wildman–Crippen MR) is 61.7 cm³/mol. The Labute approximate surface area is 94.4 Å². The summed E-state index contributed by atoms with van der Waals surface area (Å²) in [5.74, 6) is 0. The zero-order valence-corrected chi connectivity index (χ0v) is 9.23. The minimum Gasteiger partial charge on any atom is -0.242 e. The number of nitrogens with zero attached hydrogens (tertiary/aromatic N) is 3. The van der Waals surface area contributed by atoms with Gasteiger partial charge >= 0.3 is 0 Å². The van der Waals surface area contributed by atoms with Crippen LogP contribution in [0.25, 0.3) is 11.3 Å². The molecule has 0 atom stereocenters. The van der Waals surface area contributed by atoms with Crippen molar-refractivity contribution >= 4 is 0 Å². The Morgan fingerprint density at radius 3 is 2.56 bits per heavy atom. The summed E-state index contributed by atoms with van der Waals surface area (Å²) in [6, 6.07) is 9.78. The molecule has 2 aromatic rings. The van der Waals surface area contributed by atoms with Gasteiger partial charge in [-0.05, 0) is 43.7 Å². The number of nitriles is 1. The van der Waals surface area contributed by atoms with Crippen molar-refractivity contribution in [3.8, 4) is 17.3 Å². The first-order valence-corrected chi connectivity index (χ1v) is 5.00. The SMILES string of the molecule is Cc1cc(C#N)cc(-c2cc(C)ncn2)c1. The fourth-order valence-electron chi connectivity index (χ4n) is 1.61. The van der Waals surface area contributed by atoms with Gasteiger partial charge in [0, 0.05) is 11.3 Å². The largest absolute Gasteiger partial charge is 0.242 e. The highest BCUT2D eigenvalue weighted by atomic mass is 14.8. The molecule has 3 nitrogen and oxygen atoms in total. The van der Waals surface area contributed by atoms with E-state index in [2.05, 4.69) is 16.0 Å². The lowest BCUT2D eigenvalue weighted by Crippen LogP contribution is -1.89. The molecule has 1 heterocycles. The topological polar surface area (TPSA) is 49.6 Å². The molecule has 1 aromatic carbocycles. The average Bonchev–Trinajstić information content (AvgIpc) is 2.28. The molecule has 0 N–H and O–H groups in total. The lowest BCUT2D eigenvalue weighted by Gasteiger charge is -2.03. The molecule has 0 bridgehead atoms. The molecule has 0 saturated heterocycles. The summed E-state index contributed by atoms with van der Waals surface area (Å²) in [6.07, 6.45) is 1.54. The highest BCUT2D eigenvalue weighted by Gasteiger charge is 2.02. The zero-order valence-electron chi connectivity index (χ0n) is 9.23. The highest BCUT2D eigenvalue weighted by molar-refractivity contribution is 5.62. The number of aromatic nitrogens is 2. The molecular formula is C13H11N3. The van der Waals surface area contributed by atoms with E-state index >= 15 is 0 Å². The minimum atomic E-state index is 0.659. The molecule has 0 spiro atoms. The summed E-state index contributed by atoms with van der Waals surface area (Å²) in [6.45, 7) is 3.89. The molecule has 0 saturated carbocycles. The monoisotopic (exact) mass is 209 g/mol. The quantitative estimate of drug-likeness (QED) is 0.725. The molecule has 0 fully saturated rings. The summed E-state index contributed by atoms with van der Waals surface area (Å²) < 4.78 is 0. The second-order valence-electron chi connectivity index (χ2n) is 3.74. The van der Waals surface area contributed by atoms with E-state index in [1.165, 1.54) is 0 Å². The van der Waals surface area contributed by atoms with E-state index in [0.717, 1.165) is 22.5 Å². The highest BCUT2D eigenvalue weighted by Crippen LogP contribution is 2.20. The maximum atomic E-state index is 8.91. The normalized spacial score (nSPS) is 9.81. The number of benzene rings is 1. The Kier molecular flexibility index (Phi) is 2.65. The third kappa shape index (κ3) is 2.06. The first kappa shape index (κ1) is 10.3. The second kappa shape index (κ2) is 4.11. The average molecular weight is 209 g/mol. The molecule has 78 valence electrons. The van der Waals surface area contributed by atoms with Crippen molar-refractivity contribution in [1.29, 1.82) is 5.26 Å². The molecule has 3 heteroatoms. The third-order valence-corrected chi connectivity index (χ3v) is 2.31. The summed E-state index contributed by atoms with van der Waals surface area (Å²) in [5.41, 5.74) is 4.45. The van der Waals surface area contributed by atoms with E-state index in [4.69, 9.17) is 5.26 Å². The van der Waals surface area contributed by atoms with Crippen LogP contribution in [-0.4, -0.2) is 9.97 Å². The number of hydrogen-bond acceptors (Lipinski definition) is 3. The molecule has 2 rings (SSSR count). The summed E-state index contributed by atoms with van der Waals surface area (Å²) in [7, 11) is 0. The van der Waals surface area contributed by atoms with Gasteiger partial charge in [0.05, 0.1) is 17.3 Å². The van der Waals surface area contributed by atoms with Crippen molar-refractivity contribution in [2.45, 2.75) is 13.8 Å². The van der Waals surface area contributed by atoms with Crippen molar-refractivity contribution < 1.29 is 0 Å². The fraction of sp³-hybridized carbons (Fsp3) is 0.154. The molecule has 0 unspecified atom stereocenters. The second-order valence-corrected chi connectivity index (χ2v) is 3.74. The third-order valence-electron chi connectivity index (χ3n) is 2.31. The maximum Gasteiger partial charge on any atom is 0.116 e. The predicted octanol–water partition coefficient (Wildman–Crippen LogP) is 2.63. The lowest BCUT2D eigenvalue weighted by molar-refractivity contribution is 1.10. The molecular weight excluding hydrogens is 198 g/mol. The van der Waals surface area contributed by atoms with Crippen molar-refractivity contribution in [2.75, 3.05) is 0 Å². The van der Waals surface area contributed by atoms with E-state index in [1.807, 2.05) is 38.1 Å². The summed E-state index contributed by atoms with van der Waals surface area (Å²) in [5, 5.41) is 8.91. The maximum absolute atomic E-state index is 8.91. The molecule has 1 aromatic heterocycles. The van der Waals surface area contributed by atoms with Crippen LogP contribution in [0.15, 0.2) is 30.6 Å². The van der Waals surface area contributed by atoms with Crippen LogP contribution in [0.2, 0.25) is 0 Å². The van der Waals surface area contributed by atoms with E-state index in [9.17, 15) is 0 Å². The minimum absolute atomic E-state index is 0.659. The standard InChI is InChI=1S/C13H11N3/c1-9-3-11(7-14)6-12(4-9)13-5-10(2)15-8-16-13/h3-6,8H,1-2H3. The van der Waals surface area contributed by atoms with Gasteiger partial charge in [-0.2, -0.15) is 5.26 Å². The molecule has 0 radical (unpaired) electrons. The van der Waals surface area contributed by atoms with Crippen LogP contribution in [0.4, 0.5) is 0 Å². The van der Waals surface area contributed by atoms with Gasteiger partial charge in [-0.3, -0.25) is 0 Å². The van der Waals surface area contributed by atoms with Gasteiger partial charge in [-0.15, -0.1) is 0 Å². The number of hydrogen-bond donors (Lipinski definition) is 0. The van der Waals surface area contributed by atoms with Crippen LogP contribution in [0.5, 0.6) is 0 Å². The zero-order chi connectivity index (χ0) is 11.5. The van der Waals surface area contributed by atoms with Crippen molar-refractivity contribution in [3.05, 3.63) is 47.4 Å². The van der Waals surface area contributed by atoms with Gasteiger partial charge in [-0.1, -0.05) is 0 Å². The molecule has 0 amide bonds. The van der Waals surface area contributed by atoms with Gasteiger partial charge in [0.15, 0.2) is 0 Å². The van der Waals surface area contributed by atoms with Crippen LogP contribution in [0.1, 0.15) is 16.8 Å². The van der Waals surface area contributed by atoms with E-state index in [0.29, 0.717) is 5.56 Å². The Morgan fingerprint density at radius 2 is 1.88 bits per heavy atom. The van der Waals surface area contributed by atoms with Crippen molar-refractivity contribution in [3.63, 3.8) is 0 Å². The molecule has 0 aliphatic rings. The van der Waals surface area contributed by atoms with E-state index in [1.54, 1.807) is 6.33 Å². The van der Waals surface area contributed by atoms with Crippen LogP contribution in [0.3, 0.4) is 0 Å². The van der Waals surface area contributed by atoms with Crippen molar-refractivity contribution in [2.24, 2.45) is 0 Å². The number of aryl methyl sites for hydroxylation is 2. The Bertz CT molecular complexity index is 568. The first-order valence-electron chi connectivity index (χ1n) is 5.00. The van der Waals surface area contributed by atoms with Crippen LogP contribution < -0.4 is 0 Å². The number of rotatable bonds is 1. The van der Waals surface area contributed by atoms with Crippen LogP contribution in [0, 0.1) is 25.2 Å². The lowest BCUT2D eigenvalue weighted by atomic mass is 10.0. The fourth-order valence-corrected chi connectivity index (χ4v) is 1.61. The Morgan fingerprint density at radius 1 is 1.06 bits per heavy atom. The summed E-state index contributed by atoms with van der Waals surface area (Å²) >= 11 is 0. The van der Waals surface area contributed by atoms with Crippen molar-refractivity contribution in [1.82, 2.24) is 9.97 Å². The molecule has 0 aliphatic carbocycles. The van der Waals surface area contributed by atoms with E-state index < -0.39 is 0 Å². The van der Waals surface area contributed by atoms with E-state index in [-0.39, 0.29) is 0 Å². The smallest absolute Gasteiger partial charge is 0.116 e. The molecule has 0 aliphatic heterocycles. The summed E-state index contributed by atoms with van der Waals surface area (Å²) in [4.78, 5) is 8.26. The van der Waals surface area contributed by atoms with Gasteiger partial charge < -0.3 is 0 Å². The Balaban J connectivity index is 2.56. The molecule has 16 heavy (non-hydrogen) atoms. The van der Waals surface area contributed by atoms with Crippen LogP contribution >= 0.6 is 0 Å². The van der Waals surface area contributed by atoms with Gasteiger partial charge in [0.2, 0.25) is 0 Å². The van der Waals surface area contributed by atoms with Gasteiger partial charge in [0.1, 0.15) is 6.33 Å². The first-order chi connectivity index (χ1) is 7.69. The van der Waals surface area contributed by atoms with Crippen LogP contribution in [-0.2, 0) is 0 Å².